The fraction of sp³-hybridized carbons (Fsp3) is 0.346. The van der Waals surface area contributed by atoms with Crippen molar-refractivity contribution in [2.24, 2.45) is 12.8 Å². The number of aryl methyl sites for hydroxylation is 1. The quantitative estimate of drug-likeness (QED) is 0.318. The van der Waals surface area contributed by atoms with Crippen molar-refractivity contribution in [1.82, 2.24) is 29.9 Å². The van der Waals surface area contributed by atoms with Crippen LogP contribution in [0.2, 0.25) is 0 Å². The van der Waals surface area contributed by atoms with Gasteiger partial charge in [-0.2, -0.15) is 24.0 Å². The van der Waals surface area contributed by atoms with Crippen molar-refractivity contribution in [3.63, 3.8) is 0 Å². The van der Waals surface area contributed by atoms with Gasteiger partial charge < -0.3 is 15.8 Å². The second-order valence-corrected chi connectivity index (χ2v) is 11.9. The summed E-state index contributed by atoms with van der Waals surface area (Å²) in [4.78, 5) is 29.4. The molecule has 4 aromatic rings. The number of hydrogen-bond donors (Lipinski definition) is 2. The van der Waals surface area contributed by atoms with Crippen LogP contribution in [0.5, 0.6) is 5.88 Å². The molecule has 12 nitrogen and oxygen atoms in total. The zero-order valence-corrected chi connectivity index (χ0v) is 22.9. The van der Waals surface area contributed by atoms with E-state index in [0.717, 1.165) is 6.26 Å². The summed E-state index contributed by atoms with van der Waals surface area (Å²) in [6, 6.07) is 7.98. The van der Waals surface area contributed by atoms with Gasteiger partial charge in [-0.3, -0.25) is 14.3 Å². The molecule has 41 heavy (non-hydrogen) atoms. The van der Waals surface area contributed by atoms with Crippen LogP contribution < -0.4 is 15.8 Å². The van der Waals surface area contributed by atoms with Gasteiger partial charge in [-0.25, -0.2) is 13.1 Å². The molecule has 1 aliphatic rings. The molecule has 0 atom stereocenters. The molecule has 0 bridgehead atoms. The van der Waals surface area contributed by atoms with Crippen LogP contribution in [0.25, 0.3) is 22.3 Å². The molecular weight excluding hydrogens is 560 g/mol. The van der Waals surface area contributed by atoms with Crippen molar-refractivity contribution in [3.8, 4) is 17.1 Å². The van der Waals surface area contributed by atoms with Gasteiger partial charge in [0.05, 0.1) is 16.8 Å². The topological polar surface area (TPSA) is 164 Å². The minimum atomic E-state index is -3.46. The van der Waals surface area contributed by atoms with Gasteiger partial charge in [0.25, 0.3) is 11.8 Å². The van der Waals surface area contributed by atoms with Crippen LogP contribution in [0.4, 0.5) is 8.78 Å². The zero-order valence-electron chi connectivity index (χ0n) is 22.1. The van der Waals surface area contributed by atoms with Gasteiger partial charge in [-0.15, -0.1) is 0 Å². The summed E-state index contributed by atoms with van der Waals surface area (Å²) >= 11 is 0. The van der Waals surface area contributed by atoms with Gasteiger partial charge >= 0.3 is 6.55 Å². The van der Waals surface area contributed by atoms with E-state index in [9.17, 15) is 26.8 Å². The fourth-order valence-corrected chi connectivity index (χ4v) is 5.44. The second-order valence-electron chi connectivity index (χ2n) is 9.88. The van der Waals surface area contributed by atoms with Crippen LogP contribution >= 0.6 is 0 Å². The van der Waals surface area contributed by atoms with E-state index >= 15 is 0 Å². The molecular formula is C26H27F2N7O5S. The number of aromatic nitrogens is 5. The molecule has 1 fully saturated rings. The van der Waals surface area contributed by atoms with E-state index < -0.39 is 28.2 Å². The molecule has 15 heteroatoms. The molecule has 5 rings (SSSR count). The van der Waals surface area contributed by atoms with Gasteiger partial charge in [0, 0.05) is 30.3 Å². The second kappa shape index (κ2) is 10.9. The van der Waals surface area contributed by atoms with Crippen molar-refractivity contribution in [2.75, 3.05) is 6.26 Å². The zero-order chi connectivity index (χ0) is 29.5. The van der Waals surface area contributed by atoms with Gasteiger partial charge in [0.1, 0.15) is 11.7 Å². The van der Waals surface area contributed by atoms with E-state index in [1.54, 1.807) is 24.0 Å². The fourth-order valence-electron chi connectivity index (χ4n) is 4.81. The number of amides is 2. The summed E-state index contributed by atoms with van der Waals surface area (Å²) in [5.74, 6) is -1.16. The number of carbonyl (C=O) groups excluding carboxylic acids is 2. The Morgan fingerprint density at radius 1 is 1.12 bits per heavy atom. The van der Waals surface area contributed by atoms with Crippen molar-refractivity contribution in [1.29, 1.82) is 0 Å². The van der Waals surface area contributed by atoms with Crippen LogP contribution in [-0.4, -0.2) is 63.2 Å². The number of nitrogens with one attached hydrogen (secondary N) is 1. The van der Waals surface area contributed by atoms with Crippen LogP contribution in [-0.2, 0) is 16.9 Å². The Balaban J connectivity index is 1.25. The van der Waals surface area contributed by atoms with Crippen LogP contribution in [0.1, 0.15) is 53.1 Å². The highest BCUT2D eigenvalue weighted by atomic mass is 32.2. The van der Waals surface area contributed by atoms with Crippen molar-refractivity contribution in [3.05, 3.63) is 53.9 Å². The lowest BCUT2D eigenvalue weighted by Crippen LogP contribution is -2.40. The normalized spacial score (nSPS) is 17.6. The molecule has 0 aliphatic heterocycles. The van der Waals surface area contributed by atoms with Gasteiger partial charge in [-0.1, -0.05) is 12.1 Å². The summed E-state index contributed by atoms with van der Waals surface area (Å²) in [7, 11) is -1.74. The Kier molecular flexibility index (Phi) is 7.46. The third-order valence-corrected chi connectivity index (χ3v) is 8.09. The summed E-state index contributed by atoms with van der Waals surface area (Å²) in [6.45, 7) is -3.02. The Morgan fingerprint density at radius 2 is 1.80 bits per heavy atom. The standard InChI is InChI=1S/C26H27F2N7O5S/c1-34-23-15(13-30-34)11-19(22(29)36)25(32-23)40-17-7-5-16(6-8-17)31-24(37)20-12-21(35(33-20)26(27)28)14-3-9-18(10-4-14)41(2,38)39/h3-4,9-13,16-17,26H,5-8H2,1-2H3,(H2,29,36)(H,31,37). The average molecular weight is 588 g/mol. The highest BCUT2D eigenvalue weighted by Crippen LogP contribution is 2.29. The Hall–Kier alpha value is -4.40. The highest BCUT2D eigenvalue weighted by molar-refractivity contribution is 7.90. The first-order chi connectivity index (χ1) is 19.4. The first-order valence-corrected chi connectivity index (χ1v) is 14.6. The lowest BCUT2D eigenvalue weighted by molar-refractivity contribution is 0.0577. The average Bonchev–Trinajstić information content (AvgIpc) is 3.53. The molecule has 0 unspecified atom stereocenters. The number of benzene rings is 1. The largest absolute Gasteiger partial charge is 0.474 e. The van der Waals surface area contributed by atoms with Crippen LogP contribution in [0, 0.1) is 0 Å². The monoisotopic (exact) mass is 587 g/mol. The maximum atomic E-state index is 13.7. The van der Waals surface area contributed by atoms with E-state index in [1.807, 2.05) is 0 Å². The molecule has 0 saturated heterocycles. The van der Waals surface area contributed by atoms with E-state index in [-0.39, 0.29) is 45.4 Å². The molecule has 1 aromatic carbocycles. The number of nitrogens with two attached hydrogens (primary N) is 1. The van der Waals surface area contributed by atoms with E-state index in [0.29, 0.717) is 41.4 Å². The van der Waals surface area contributed by atoms with Gasteiger partial charge in [0.2, 0.25) is 5.88 Å². The highest BCUT2D eigenvalue weighted by Gasteiger charge is 2.28. The molecule has 216 valence electrons. The Bertz CT molecular complexity index is 1730. The number of primary amides is 1. The molecule has 0 radical (unpaired) electrons. The Morgan fingerprint density at radius 3 is 2.41 bits per heavy atom. The molecule has 2 amide bonds. The van der Waals surface area contributed by atoms with Crippen molar-refractivity contribution in [2.45, 2.75) is 49.3 Å². The summed E-state index contributed by atoms with van der Waals surface area (Å²) in [5.41, 5.74) is 6.30. The molecule has 0 spiro atoms. The molecule has 1 aliphatic carbocycles. The molecule has 1 saturated carbocycles. The van der Waals surface area contributed by atoms with E-state index in [4.69, 9.17) is 10.5 Å². The lowest BCUT2D eigenvalue weighted by Gasteiger charge is -2.29. The first-order valence-electron chi connectivity index (χ1n) is 12.7. The lowest BCUT2D eigenvalue weighted by atomic mass is 9.93. The summed E-state index contributed by atoms with van der Waals surface area (Å²) < 4.78 is 58.9. The van der Waals surface area contributed by atoms with E-state index in [2.05, 4.69) is 20.5 Å². The maximum Gasteiger partial charge on any atom is 0.333 e. The first kappa shape index (κ1) is 28.1. The number of carbonyl (C=O) groups is 2. The van der Waals surface area contributed by atoms with Gasteiger partial charge in [-0.05, 0) is 49.9 Å². The number of fused-ring (bicyclic) bond motifs is 1. The number of alkyl halides is 2. The number of nitrogens with zero attached hydrogens (tertiary/aromatic N) is 5. The van der Waals surface area contributed by atoms with E-state index in [1.165, 1.54) is 30.3 Å². The predicted octanol–water partition coefficient (Wildman–Crippen LogP) is 2.85. The third-order valence-electron chi connectivity index (χ3n) is 6.96. The van der Waals surface area contributed by atoms with Crippen LogP contribution in [0.15, 0.2) is 47.5 Å². The minimum absolute atomic E-state index is 0.0227. The van der Waals surface area contributed by atoms with Crippen molar-refractivity contribution < 1.29 is 31.5 Å². The third kappa shape index (κ3) is 5.89. The number of pyridine rings is 1. The molecule has 3 N–H and O–H groups in total. The molecule has 3 aromatic heterocycles. The number of halogens is 2. The summed E-state index contributed by atoms with van der Waals surface area (Å²) in [5, 5.41) is 11.4. The van der Waals surface area contributed by atoms with Crippen molar-refractivity contribution >= 4 is 32.7 Å². The Labute approximate surface area is 233 Å². The predicted molar refractivity (Wildman–Crippen MR) is 143 cm³/mol. The molecule has 3 heterocycles. The number of sulfone groups is 1. The number of ether oxygens (including phenoxy) is 1. The van der Waals surface area contributed by atoms with Gasteiger partial charge in [0.15, 0.2) is 21.2 Å². The number of hydrogen-bond acceptors (Lipinski definition) is 8. The number of rotatable bonds is 8. The maximum absolute atomic E-state index is 13.7. The minimum Gasteiger partial charge on any atom is -0.474 e. The summed E-state index contributed by atoms with van der Waals surface area (Å²) in [6.07, 6.45) is 4.49. The smallest absolute Gasteiger partial charge is 0.333 e. The van der Waals surface area contributed by atoms with Crippen LogP contribution in [0.3, 0.4) is 0 Å². The SMILES string of the molecule is Cn1ncc2cc(C(N)=O)c(OC3CCC(NC(=O)c4cc(-c5ccc(S(C)(=O)=O)cc5)n(C(F)F)n4)CC3)nc21.